The van der Waals surface area contributed by atoms with Gasteiger partial charge in [-0.15, -0.1) is 0 Å². The third kappa shape index (κ3) is 6.81. The van der Waals surface area contributed by atoms with Crippen LogP contribution in [-0.2, 0) is 4.79 Å². The molecule has 1 unspecified atom stereocenters. The van der Waals surface area contributed by atoms with E-state index in [1.807, 2.05) is 27.7 Å². The number of hydrogen-bond acceptors (Lipinski definition) is 2. The van der Waals surface area contributed by atoms with Gasteiger partial charge >= 0.3 is 12.0 Å². The van der Waals surface area contributed by atoms with E-state index in [4.69, 9.17) is 5.11 Å². The van der Waals surface area contributed by atoms with E-state index in [-0.39, 0.29) is 24.5 Å². The Morgan fingerprint density at radius 2 is 1.88 bits per heavy atom. The summed E-state index contributed by atoms with van der Waals surface area (Å²) < 4.78 is 0. The smallest absolute Gasteiger partial charge is 0.317 e. The van der Waals surface area contributed by atoms with Crippen LogP contribution in [0.1, 0.15) is 47.0 Å². The monoisotopic (exact) mass is 244 g/mol. The molecule has 0 aliphatic carbocycles. The maximum absolute atomic E-state index is 11.9. The van der Waals surface area contributed by atoms with Crippen molar-refractivity contribution in [2.24, 2.45) is 0 Å². The predicted molar refractivity (Wildman–Crippen MR) is 67.0 cm³/mol. The molecule has 0 fully saturated rings. The average Bonchev–Trinajstić information content (AvgIpc) is 2.22. The number of hydrogen-bond donors (Lipinski definition) is 2. The number of rotatable bonds is 7. The highest BCUT2D eigenvalue weighted by molar-refractivity contribution is 5.75. The lowest BCUT2D eigenvalue weighted by Gasteiger charge is -2.28. The summed E-state index contributed by atoms with van der Waals surface area (Å²) in [6.45, 7) is 8.51. The SMILES string of the molecule is CCCN(C(=O)NC(C)CCC(=O)O)C(C)C. The van der Waals surface area contributed by atoms with Crippen molar-refractivity contribution in [3.05, 3.63) is 0 Å². The van der Waals surface area contributed by atoms with Gasteiger partial charge < -0.3 is 15.3 Å². The highest BCUT2D eigenvalue weighted by Gasteiger charge is 2.17. The second-order valence-corrected chi connectivity index (χ2v) is 4.57. The largest absolute Gasteiger partial charge is 0.481 e. The Hall–Kier alpha value is -1.26. The molecule has 17 heavy (non-hydrogen) atoms. The fourth-order valence-corrected chi connectivity index (χ4v) is 1.54. The number of aliphatic carboxylic acids is 1. The maximum atomic E-state index is 11.9. The second-order valence-electron chi connectivity index (χ2n) is 4.57. The number of nitrogens with one attached hydrogen (secondary N) is 1. The molecule has 0 aliphatic heterocycles. The normalized spacial score (nSPS) is 12.3. The summed E-state index contributed by atoms with van der Waals surface area (Å²) in [5.74, 6) is -0.833. The van der Waals surface area contributed by atoms with E-state index in [1.165, 1.54) is 0 Å². The first kappa shape index (κ1) is 15.7. The van der Waals surface area contributed by atoms with Crippen molar-refractivity contribution in [1.29, 1.82) is 0 Å². The summed E-state index contributed by atoms with van der Waals surface area (Å²) in [4.78, 5) is 24.1. The van der Waals surface area contributed by atoms with Crippen molar-refractivity contribution in [2.45, 2.75) is 59.0 Å². The molecule has 0 bridgehead atoms. The number of carboxylic acid groups (broad SMARTS) is 1. The van der Waals surface area contributed by atoms with Crippen LogP contribution in [0.4, 0.5) is 4.79 Å². The van der Waals surface area contributed by atoms with Gasteiger partial charge in [0.25, 0.3) is 0 Å². The Bertz CT molecular complexity index is 254. The van der Waals surface area contributed by atoms with Crippen LogP contribution in [0.5, 0.6) is 0 Å². The summed E-state index contributed by atoms with van der Waals surface area (Å²) in [6, 6.07) is -0.0712. The van der Waals surface area contributed by atoms with Crippen LogP contribution < -0.4 is 5.32 Å². The van der Waals surface area contributed by atoms with Crippen LogP contribution in [0, 0.1) is 0 Å². The second kappa shape index (κ2) is 7.92. The molecule has 0 heterocycles. The zero-order valence-corrected chi connectivity index (χ0v) is 11.2. The quantitative estimate of drug-likeness (QED) is 0.720. The summed E-state index contributed by atoms with van der Waals surface area (Å²) in [5.41, 5.74) is 0. The van der Waals surface area contributed by atoms with Crippen molar-refractivity contribution >= 4 is 12.0 Å². The highest BCUT2D eigenvalue weighted by Crippen LogP contribution is 2.03. The predicted octanol–water partition coefficient (Wildman–Crippen LogP) is 2.07. The van der Waals surface area contributed by atoms with Crippen molar-refractivity contribution in [1.82, 2.24) is 10.2 Å². The van der Waals surface area contributed by atoms with Gasteiger partial charge in [-0.25, -0.2) is 4.79 Å². The molecular formula is C12H24N2O3. The fourth-order valence-electron chi connectivity index (χ4n) is 1.54. The van der Waals surface area contributed by atoms with Gasteiger partial charge in [0.05, 0.1) is 0 Å². The molecule has 0 aliphatic rings. The minimum absolute atomic E-state index is 0.0803. The molecule has 100 valence electrons. The number of carboxylic acids is 1. The fraction of sp³-hybridized carbons (Fsp3) is 0.833. The van der Waals surface area contributed by atoms with Crippen molar-refractivity contribution in [2.75, 3.05) is 6.54 Å². The molecule has 0 saturated heterocycles. The molecular weight excluding hydrogens is 220 g/mol. The van der Waals surface area contributed by atoms with Gasteiger partial charge in [-0.1, -0.05) is 6.92 Å². The standard InChI is InChI=1S/C12H24N2O3/c1-5-8-14(9(2)3)12(17)13-10(4)6-7-11(15)16/h9-10H,5-8H2,1-4H3,(H,13,17)(H,15,16). The Morgan fingerprint density at radius 1 is 1.29 bits per heavy atom. The first-order chi connectivity index (χ1) is 7.88. The van der Waals surface area contributed by atoms with E-state index >= 15 is 0 Å². The molecule has 0 aromatic carbocycles. The van der Waals surface area contributed by atoms with Crippen molar-refractivity contribution in [3.8, 4) is 0 Å². The number of amides is 2. The molecule has 0 saturated carbocycles. The van der Waals surface area contributed by atoms with Gasteiger partial charge in [0.15, 0.2) is 0 Å². The number of carbonyl (C=O) groups is 2. The van der Waals surface area contributed by atoms with E-state index in [2.05, 4.69) is 5.32 Å². The summed E-state index contributed by atoms with van der Waals surface area (Å²) in [6.07, 6.45) is 1.45. The van der Waals surface area contributed by atoms with Crippen LogP contribution in [-0.4, -0.2) is 40.6 Å². The van der Waals surface area contributed by atoms with Crippen LogP contribution in [0.25, 0.3) is 0 Å². The molecule has 0 radical (unpaired) electrons. The van der Waals surface area contributed by atoms with Crippen LogP contribution in [0.2, 0.25) is 0 Å². The lowest BCUT2D eigenvalue weighted by Crippen LogP contribution is -2.47. The zero-order chi connectivity index (χ0) is 13.4. The number of urea groups is 1. The lowest BCUT2D eigenvalue weighted by molar-refractivity contribution is -0.137. The summed E-state index contributed by atoms with van der Waals surface area (Å²) in [5, 5.41) is 11.4. The molecule has 2 amide bonds. The average molecular weight is 244 g/mol. The Morgan fingerprint density at radius 3 is 2.29 bits per heavy atom. The topological polar surface area (TPSA) is 69.6 Å². The first-order valence-electron chi connectivity index (χ1n) is 6.17. The molecule has 0 rings (SSSR count). The molecule has 0 aromatic heterocycles. The van der Waals surface area contributed by atoms with E-state index in [9.17, 15) is 9.59 Å². The third-order valence-corrected chi connectivity index (χ3v) is 2.51. The van der Waals surface area contributed by atoms with E-state index < -0.39 is 5.97 Å². The summed E-state index contributed by atoms with van der Waals surface area (Å²) in [7, 11) is 0. The van der Waals surface area contributed by atoms with Crippen molar-refractivity contribution in [3.63, 3.8) is 0 Å². The highest BCUT2D eigenvalue weighted by atomic mass is 16.4. The Kier molecular flexibility index (Phi) is 7.34. The van der Waals surface area contributed by atoms with Gasteiger partial charge in [-0.05, 0) is 33.6 Å². The van der Waals surface area contributed by atoms with E-state index in [0.29, 0.717) is 6.42 Å². The van der Waals surface area contributed by atoms with Gasteiger partial charge in [0.1, 0.15) is 0 Å². The minimum Gasteiger partial charge on any atom is -0.481 e. The molecule has 0 aromatic rings. The zero-order valence-electron chi connectivity index (χ0n) is 11.2. The molecule has 0 spiro atoms. The molecule has 2 N–H and O–H groups in total. The minimum atomic E-state index is -0.833. The summed E-state index contributed by atoms with van der Waals surface area (Å²) >= 11 is 0. The van der Waals surface area contributed by atoms with Gasteiger partial charge in [-0.3, -0.25) is 4.79 Å². The van der Waals surface area contributed by atoms with E-state index in [1.54, 1.807) is 4.90 Å². The Balaban J connectivity index is 4.15. The van der Waals surface area contributed by atoms with E-state index in [0.717, 1.165) is 13.0 Å². The number of nitrogens with zero attached hydrogens (tertiary/aromatic N) is 1. The van der Waals surface area contributed by atoms with Crippen LogP contribution in [0.3, 0.4) is 0 Å². The number of carbonyl (C=O) groups excluding carboxylic acids is 1. The lowest BCUT2D eigenvalue weighted by atomic mass is 10.2. The molecule has 1 atom stereocenters. The van der Waals surface area contributed by atoms with Gasteiger partial charge in [-0.2, -0.15) is 0 Å². The van der Waals surface area contributed by atoms with Crippen LogP contribution >= 0.6 is 0 Å². The Labute approximate surface area is 103 Å². The van der Waals surface area contributed by atoms with Crippen LogP contribution in [0.15, 0.2) is 0 Å². The molecule has 5 heteroatoms. The van der Waals surface area contributed by atoms with Gasteiger partial charge in [0.2, 0.25) is 0 Å². The first-order valence-corrected chi connectivity index (χ1v) is 6.17. The van der Waals surface area contributed by atoms with Crippen molar-refractivity contribution < 1.29 is 14.7 Å². The third-order valence-electron chi connectivity index (χ3n) is 2.51. The molecule has 5 nitrogen and oxygen atoms in total. The maximum Gasteiger partial charge on any atom is 0.317 e. The van der Waals surface area contributed by atoms with Gasteiger partial charge in [0, 0.05) is 25.0 Å².